The Hall–Kier alpha value is -0.865. The third-order valence-electron chi connectivity index (χ3n) is 0.129. The quantitative estimate of drug-likeness (QED) is 0.280. The van der Waals surface area contributed by atoms with Gasteiger partial charge in [-0.1, -0.05) is 0 Å². The third-order valence-corrected chi connectivity index (χ3v) is 0.129. The van der Waals surface area contributed by atoms with E-state index in [0.717, 1.165) is 6.92 Å². The summed E-state index contributed by atoms with van der Waals surface area (Å²) in [4.78, 5) is 0. The van der Waals surface area contributed by atoms with E-state index < -0.39 is 0 Å². The molecule has 0 saturated carbocycles. The van der Waals surface area contributed by atoms with Crippen LogP contribution in [0.2, 0.25) is 0 Å². The maximum atomic E-state index is 7.54. The van der Waals surface area contributed by atoms with Crippen molar-refractivity contribution in [3.63, 3.8) is 0 Å². The van der Waals surface area contributed by atoms with Crippen LogP contribution in [0.4, 0.5) is 0 Å². The van der Waals surface area contributed by atoms with Gasteiger partial charge in [-0.15, -0.1) is 0 Å². The fourth-order valence-electron chi connectivity index (χ4n) is 0.0289. The summed E-state index contributed by atoms with van der Waals surface area (Å²) in [6.07, 6.45) is 0. The van der Waals surface area contributed by atoms with Gasteiger partial charge in [0.15, 0.2) is 0 Å². The Morgan fingerprint density at radius 3 is 2.40 bits per heavy atom. The van der Waals surface area contributed by atoms with Gasteiger partial charge in [-0.25, -0.2) is 0 Å². The first kappa shape index (κ1) is 4.13. The molecule has 0 fully saturated rings. The van der Waals surface area contributed by atoms with Gasteiger partial charge in [0.2, 0.25) is 0 Å². The molecule has 0 rings (SSSR count). The second kappa shape index (κ2) is 3.13. The standard InChI is InChI=1S/C2BN2/c4-1-3-2-5/q-1. The molecule has 0 aromatic carbocycles. The molecule has 22 valence electrons. The Kier molecular flexibility index (Phi) is 2.59. The van der Waals surface area contributed by atoms with Crippen molar-refractivity contribution in [2.24, 2.45) is 0 Å². The van der Waals surface area contributed by atoms with Gasteiger partial charge in [0.05, 0.1) is 0 Å². The molecule has 0 aromatic heterocycles. The molecule has 0 aliphatic carbocycles. The summed E-state index contributed by atoms with van der Waals surface area (Å²) in [5.41, 5.74) is 0. The van der Waals surface area contributed by atoms with Crippen molar-refractivity contribution in [2.75, 3.05) is 0 Å². The summed E-state index contributed by atoms with van der Waals surface area (Å²) in [5, 5.41) is 15.1. The van der Waals surface area contributed by atoms with Crippen LogP contribution in [0.3, 0.4) is 0 Å². The fraction of sp³-hybridized carbons (Fsp3) is 0. The topological polar surface area (TPSA) is 46.1 Å². The molecule has 5 heavy (non-hydrogen) atoms. The zero-order valence-corrected chi connectivity index (χ0v) is 2.47. The molecule has 3 heteroatoms. The van der Waals surface area contributed by atoms with E-state index in [1.54, 1.807) is 0 Å². The molecule has 2 nitrogen and oxygen atoms in total. The molecule has 0 heterocycles. The molecule has 0 unspecified atom stereocenters. The molecule has 0 radical (unpaired) electrons. The summed E-state index contributed by atoms with van der Waals surface area (Å²) in [6.45, 7) is 0.861. The van der Waals surface area contributed by atoms with E-state index in [1.165, 1.54) is 11.7 Å². The Balaban J connectivity index is 3.46. The van der Waals surface area contributed by atoms with E-state index >= 15 is 0 Å². The summed E-state index contributed by atoms with van der Waals surface area (Å²) in [5.74, 6) is 3.06. The molecule has 0 N–H and O–H groups in total. The Labute approximate surface area is 30.5 Å². The van der Waals surface area contributed by atoms with Gasteiger partial charge in [-0.2, -0.15) is 0 Å². The van der Waals surface area contributed by atoms with Crippen molar-refractivity contribution in [2.45, 2.75) is 0 Å². The molecule has 0 amide bonds. The SMILES string of the molecule is N#CB=C=[N-]. The molecule has 0 atom stereocenters. The van der Waals surface area contributed by atoms with Crippen LogP contribution in [0.1, 0.15) is 0 Å². The number of hydrogen-bond donors (Lipinski definition) is 0. The van der Waals surface area contributed by atoms with Crippen LogP contribution < -0.4 is 0 Å². The van der Waals surface area contributed by atoms with Crippen molar-refractivity contribution >= 4 is 12.7 Å². The minimum absolute atomic E-state index is 0.861. The van der Waals surface area contributed by atoms with Gasteiger partial charge in [-0.05, 0) is 0 Å². The van der Waals surface area contributed by atoms with Crippen molar-refractivity contribution in [3.8, 4) is 5.97 Å². The number of nitrogens with zero attached hydrogens (tertiary/aromatic N) is 2. The molecule has 0 saturated heterocycles. The van der Waals surface area contributed by atoms with E-state index in [0.29, 0.717) is 0 Å². The second-order valence-electron chi connectivity index (χ2n) is 0.403. The average molecular weight is 62.8 g/mol. The van der Waals surface area contributed by atoms with Crippen molar-refractivity contribution in [1.29, 1.82) is 5.26 Å². The van der Waals surface area contributed by atoms with Crippen LogP contribution in [0.5, 0.6) is 0 Å². The first-order valence-electron chi connectivity index (χ1n) is 1.02. The van der Waals surface area contributed by atoms with Crippen LogP contribution in [0.25, 0.3) is 5.41 Å². The van der Waals surface area contributed by atoms with Crippen molar-refractivity contribution in [1.82, 2.24) is 0 Å². The second-order valence-corrected chi connectivity index (χ2v) is 0.403. The van der Waals surface area contributed by atoms with Crippen molar-refractivity contribution in [3.05, 3.63) is 5.41 Å². The first-order chi connectivity index (χ1) is 2.41. The van der Waals surface area contributed by atoms with Gasteiger partial charge in [0, 0.05) is 0 Å². The van der Waals surface area contributed by atoms with E-state index in [4.69, 9.17) is 10.7 Å². The Morgan fingerprint density at radius 2 is 2.40 bits per heavy atom. The summed E-state index contributed by atoms with van der Waals surface area (Å²) >= 11 is 0. The number of hydrogen-bond acceptors (Lipinski definition) is 1. The van der Waals surface area contributed by atoms with E-state index in [2.05, 4.69) is 0 Å². The molecular weight excluding hydrogens is 62.8 g/mol. The predicted octanol–water partition coefficient (Wildman–Crippen LogP) is -0.354. The van der Waals surface area contributed by atoms with Crippen molar-refractivity contribution < 1.29 is 0 Å². The zero-order valence-electron chi connectivity index (χ0n) is 2.47. The van der Waals surface area contributed by atoms with Gasteiger partial charge >= 0.3 is 29.3 Å². The van der Waals surface area contributed by atoms with Crippen LogP contribution in [0, 0.1) is 11.2 Å². The molecule has 0 aliphatic heterocycles. The molecule has 0 aliphatic rings. The summed E-state index contributed by atoms with van der Waals surface area (Å²) < 4.78 is 0. The minimum atomic E-state index is 0.861. The summed E-state index contributed by atoms with van der Waals surface area (Å²) in [7, 11) is 0. The first-order valence-corrected chi connectivity index (χ1v) is 1.02. The average Bonchev–Trinajstić information content (AvgIpc) is 1.41. The van der Waals surface area contributed by atoms with Crippen LogP contribution in [-0.4, -0.2) is 12.7 Å². The molecule has 0 spiro atoms. The normalized spacial score (nSPS) is 3.00. The summed E-state index contributed by atoms with van der Waals surface area (Å²) in [6, 6.07) is 0. The Morgan fingerprint density at radius 1 is 1.80 bits per heavy atom. The van der Waals surface area contributed by atoms with E-state index in [-0.39, 0.29) is 0 Å². The van der Waals surface area contributed by atoms with Crippen LogP contribution >= 0.6 is 0 Å². The van der Waals surface area contributed by atoms with E-state index in [9.17, 15) is 0 Å². The molecule has 0 bridgehead atoms. The van der Waals surface area contributed by atoms with Gasteiger partial charge in [0.25, 0.3) is 0 Å². The van der Waals surface area contributed by atoms with Crippen LogP contribution in [0.15, 0.2) is 0 Å². The zero-order chi connectivity index (χ0) is 4.12. The predicted molar refractivity (Wildman–Crippen MR) is 19.7 cm³/mol. The monoisotopic (exact) mass is 63.0 g/mol. The van der Waals surface area contributed by atoms with Gasteiger partial charge in [0.1, 0.15) is 0 Å². The molecular formula is C2BN2-. The van der Waals surface area contributed by atoms with Gasteiger partial charge < -0.3 is 0 Å². The fourth-order valence-corrected chi connectivity index (χ4v) is 0.0289. The maximum absolute atomic E-state index is 7.54. The van der Waals surface area contributed by atoms with Crippen LogP contribution in [-0.2, 0) is 0 Å². The van der Waals surface area contributed by atoms with E-state index in [1.807, 2.05) is 0 Å². The third kappa shape index (κ3) is 3.13. The van der Waals surface area contributed by atoms with Gasteiger partial charge in [-0.3, -0.25) is 0 Å². The number of rotatable bonds is 0. The molecule has 0 aromatic rings. The number of nitriles is 1. The Bertz CT molecular complexity index is 94.7.